The van der Waals surface area contributed by atoms with Gasteiger partial charge in [-0.25, -0.2) is 0 Å². The van der Waals surface area contributed by atoms with Gasteiger partial charge in [0.15, 0.2) is 23.0 Å². The third kappa shape index (κ3) is 5.32. The van der Waals surface area contributed by atoms with E-state index >= 15 is 0 Å². The monoisotopic (exact) mass is 428 g/mol. The smallest absolute Gasteiger partial charge is 0.161 e. The number of benzene rings is 2. The highest BCUT2D eigenvalue weighted by molar-refractivity contribution is 5.44. The summed E-state index contributed by atoms with van der Waals surface area (Å²) in [6.45, 7) is 5.50. The van der Waals surface area contributed by atoms with Crippen molar-refractivity contribution in [1.29, 1.82) is 0 Å². The molecular formula is C25H32O6. The first-order valence-corrected chi connectivity index (χ1v) is 10.4. The Kier molecular flexibility index (Phi) is 8.20. The summed E-state index contributed by atoms with van der Waals surface area (Å²) < 4.78 is 33.9. The predicted molar refractivity (Wildman–Crippen MR) is 119 cm³/mol. The second-order valence-corrected chi connectivity index (χ2v) is 7.51. The van der Waals surface area contributed by atoms with Crippen LogP contribution in [0.5, 0.6) is 23.0 Å². The summed E-state index contributed by atoms with van der Waals surface area (Å²) in [7, 11) is 6.57. The predicted octanol–water partition coefficient (Wildman–Crippen LogP) is 4.47. The fourth-order valence-corrected chi connectivity index (χ4v) is 4.13. The molecule has 0 bridgehead atoms. The molecule has 6 heteroatoms. The SMILES string of the molecule is C=CCOCC1C(Cc2ccc(OC)c(OC)c2)COC1c1ccc(OC)c(OC)c1. The highest BCUT2D eigenvalue weighted by Crippen LogP contribution is 2.43. The molecule has 0 spiro atoms. The Morgan fingerprint density at radius 2 is 1.55 bits per heavy atom. The minimum Gasteiger partial charge on any atom is -0.493 e. The van der Waals surface area contributed by atoms with Crippen LogP contribution >= 0.6 is 0 Å². The molecule has 0 aromatic heterocycles. The lowest BCUT2D eigenvalue weighted by atomic mass is 9.84. The van der Waals surface area contributed by atoms with E-state index in [9.17, 15) is 0 Å². The maximum atomic E-state index is 6.28. The lowest BCUT2D eigenvalue weighted by molar-refractivity contribution is 0.0490. The fraction of sp³-hybridized carbons (Fsp3) is 0.440. The van der Waals surface area contributed by atoms with Gasteiger partial charge in [0, 0.05) is 5.92 Å². The molecule has 1 saturated heterocycles. The van der Waals surface area contributed by atoms with Crippen LogP contribution in [0.3, 0.4) is 0 Å². The zero-order chi connectivity index (χ0) is 22.2. The highest BCUT2D eigenvalue weighted by Gasteiger charge is 2.38. The number of hydrogen-bond donors (Lipinski definition) is 0. The zero-order valence-electron chi connectivity index (χ0n) is 18.8. The standard InChI is InChI=1S/C25H32O6/c1-6-11-30-16-20-19(12-17-7-9-21(26-2)23(13-17)28-4)15-31-25(20)18-8-10-22(27-3)24(14-18)29-5/h6-10,13-14,19-20,25H,1,11-12,15-16H2,2-5H3. The summed E-state index contributed by atoms with van der Waals surface area (Å²) in [4.78, 5) is 0. The molecule has 0 N–H and O–H groups in total. The molecule has 0 saturated carbocycles. The lowest BCUT2D eigenvalue weighted by Gasteiger charge is -2.24. The summed E-state index contributed by atoms with van der Waals surface area (Å²) >= 11 is 0. The highest BCUT2D eigenvalue weighted by atomic mass is 16.5. The third-order valence-corrected chi connectivity index (χ3v) is 5.71. The van der Waals surface area contributed by atoms with E-state index in [-0.39, 0.29) is 12.0 Å². The van der Waals surface area contributed by atoms with E-state index < -0.39 is 0 Å². The first-order valence-electron chi connectivity index (χ1n) is 10.4. The van der Waals surface area contributed by atoms with Crippen LogP contribution < -0.4 is 18.9 Å². The van der Waals surface area contributed by atoms with Gasteiger partial charge in [0.25, 0.3) is 0 Å². The van der Waals surface area contributed by atoms with Crippen LogP contribution in [-0.2, 0) is 15.9 Å². The van der Waals surface area contributed by atoms with Gasteiger partial charge in [-0.15, -0.1) is 6.58 Å². The Morgan fingerprint density at radius 3 is 2.19 bits per heavy atom. The van der Waals surface area contributed by atoms with Crippen molar-refractivity contribution in [2.45, 2.75) is 12.5 Å². The second-order valence-electron chi connectivity index (χ2n) is 7.51. The molecule has 3 unspecified atom stereocenters. The van der Waals surface area contributed by atoms with E-state index in [2.05, 4.69) is 12.6 Å². The maximum Gasteiger partial charge on any atom is 0.161 e. The van der Waals surface area contributed by atoms with Crippen molar-refractivity contribution in [1.82, 2.24) is 0 Å². The molecular weight excluding hydrogens is 396 g/mol. The molecule has 3 atom stereocenters. The van der Waals surface area contributed by atoms with Gasteiger partial charge < -0.3 is 28.4 Å². The molecule has 3 rings (SSSR count). The van der Waals surface area contributed by atoms with Crippen molar-refractivity contribution in [3.05, 3.63) is 60.2 Å². The molecule has 0 radical (unpaired) electrons. The van der Waals surface area contributed by atoms with Crippen molar-refractivity contribution < 1.29 is 28.4 Å². The van der Waals surface area contributed by atoms with E-state index in [0.717, 1.165) is 23.5 Å². The largest absolute Gasteiger partial charge is 0.493 e. The van der Waals surface area contributed by atoms with Gasteiger partial charge in [0.2, 0.25) is 0 Å². The van der Waals surface area contributed by atoms with Gasteiger partial charge in [-0.05, 0) is 47.7 Å². The first-order chi connectivity index (χ1) is 15.1. The summed E-state index contributed by atoms with van der Waals surface area (Å²) in [6.07, 6.45) is 2.53. The Bertz CT molecular complexity index is 865. The van der Waals surface area contributed by atoms with Gasteiger partial charge in [-0.1, -0.05) is 18.2 Å². The van der Waals surface area contributed by atoms with Gasteiger partial charge >= 0.3 is 0 Å². The topological polar surface area (TPSA) is 55.4 Å². The van der Waals surface area contributed by atoms with E-state index in [4.69, 9.17) is 28.4 Å². The van der Waals surface area contributed by atoms with Crippen molar-refractivity contribution in [2.24, 2.45) is 11.8 Å². The minimum absolute atomic E-state index is 0.0882. The number of rotatable bonds is 11. The quantitative estimate of drug-likeness (QED) is 0.389. The van der Waals surface area contributed by atoms with Gasteiger partial charge in [-0.3, -0.25) is 0 Å². The molecule has 0 aliphatic carbocycles. The average Bonchev–Trinajstić information content (AvgIpc) is 3.20. The molecule has 1 heterocycles. The first kappa shape index (κ1) is 23.0. The van der Waals surface area contributed by atoms with Crippen molar-refractivity contribution >= 4 is 0 Å². The molecule has 1 fully saturated rings. The summed E-state index contributed by atoms with van der Waals surface area (Å²) in [6, 6.07) is 12.0. The summed E-state index contributed by atoms with van der Waals surface area (Å²) in [5.74, 6) is 3.33. The third-order valence-electron chi connectivity index (χ3n) is 5.71. The van der Waals surface area contributed by atoms with Crippen LogP contribution in [0, 0.1) is 11.8 Å². The maximum absolute atomic E-state index is 6.28. The lowest BCUT2D eigenvalue weighted by Crippen LogP contribution is -2.23. The molecule has 6 nitrogen and oxygen atoms in total. The Morgan fingerprint density at radius 1 is 0.903 bits per heavy atom. The van der Waals surface area contributed by atoms with Crippen LogP contribution in [0.4, 0.5) is 0 Å². The number of ether oxygens (including phenoxy) is 6. The number of methoxy groups -OCH3 is 4. The van der Waals surface area contributed by atoms with Crippen molar-refractivity contribution in [2.75, 3.05) is 48.3 Å². The van der Waals surface area contributed by atoms with Crippen molar-refractivity contribution in [3.63, 3.8) is 0 Å². The Balaban J connectivity index is 1.83. The van der Waals surface area contributed by atoms with Crippen LogP contribution in [0.2, 0.25) is 0 Å². The van der Waals surface area contributed by atoms with Gasteiger partial charge in [0.05, 0.1) is 54.4 Å². The van der Waals surface area contributed by atoms with E-state index in [1.807, 2.05) is 30.3 Å². The van der Waals surface area contributed by atoms with Crippen LogP contribution in [0.15, 0.2) is 49.1 Å². The fourth-order valence-electron chi connectivity index (χ4n) is 4.13. The van der Waals surface area contributed by atoms with Crippen LogP contribution in [-0.4, -0.2) is 48.3 Å². The molecule has 2 aromatic rings. The molecule has 0 amide bonds. The summed E-state index contributed by atoms with van der Waals surface area (Å²) in [5.41, 5.74) is 2.23. The molecule has 1 aliphatic heterocycles. The van der Waals surface area contributed by atoms with Crippen LogP contribution in [0.25, 0.3) is 0 Å². The zero-order valence-corrected chi connectivity index (χ0v) is 18.8. The molecule has 31 heavy (non-hydrogen) atoms. The molecule has 2 aromatic carbocycles. The number of hydrogen-bond acceptors (Lipinski definition) is 6. The molecule has 168 valence electrons. The Labute approximate surface area is 184 Å². The molecule has 1 aliphatic rings. The summed E-state index contributed by atoms with van der Waals surface area (Å²) in [5, 5.41) is 0. The van der Waals surface area contributed by atoms with E-state index in [1.165, 1.54) is 5.56 Å². The van der Waals surface area contributed by atoms with Crippen LogP contribution in [0.1, 0.15) is 17.2 Å². The minimum atomic E-state index is -0.0882. The second kappa shape index (κ2) is 11.1. The average molecular weight is 429 g/mol. The van der Waals surface area contributed by atoms with Gasteiger partial charge in [0.1, 0.15) is 0 Å². The normalized spacial score (nSPS) is 20.3. The van der Waals surface area contributed by atoms with Crippen molar-refractivity contribution in [3.8, 4) is 23.0 Å². The van der Waals surface area contributed by atoms with E-state index in [0.29, 0.717) is 37.2 Å². The van der Waals surface area contributed by atoms with Gasteiger partial charge in [-0.2, -0.15) is 0 Å². The van der Waals surface area contributed by atoms with E-state index in [1.54, 1.807) is 34.5 Å². The Hall–Kier alpha value is -2.70.